The van der Waals surface area contributed by atoms with Crippen molar-refractivity contribution in [3.8, 4) is 0 Å². The highest BCUT2D eigenvalue weighted by molar-refractivity contribution is 5.76. The monoisotopic (exact) mass is 1500 g/mol. The molecule has 618 valence electrons. The molecule has 0 aromatic rings. The maximum atomic E-state index is 13.5. The van der Waals surface area contributed by atoms with E-state index >= 15 is 0 Å². The third kappa shape index (κ3) is 46.0. The molecule has 0 aromatic carbocycles. The molecular formula is C86H161NO18. The van der Waals surface area contributed by atoms with Crippen LogP contribution in [-0.2, 0) is 33.2 Å². The molecule has 3 saturated heterocycles. The summed E-state index contributed by atoms with van der Waals surface area (Å²) < 4.78 is 34.6. The summed E-state index contributed by atoms with van der Waals surface area (Å²) in [6.07, 6.45) is 56.7. The molecule has 19 heteroatoms. The summed E-state index contributed by atoms with van der Waals surface area (Å²) in [4.78, 5) is 13.5. The second kappa shape index (κ2) is 66.6. The Morgan fingerprint density at radius 1 is 0.343 bits per heavy atom. The van der Waals surface area contributed by atoms with Gasteiger partial charge in [0.15, 0.2) is 18.9 Å². The molecule has 19 nitrogen and oxygen atoms in total. The van der Waals surface area contributed by atoms with Crippen molar-refractivity contribution >= 4 is 5.91 Å². The number of ether oxygens (including phenoxy) is 6. The minimum atomic E-state index is -1.97. The largest absolute Gasteiger partial charge is 0.394 e. The first kappa shape index (κ1) is 97.2. The maximum Gasteiger partial charge on any atom is 0.220 e. The van der Waals surface area contributed by atoms with Gasteiger partial charge in [-0.05, 0) is 51.4 Å². The number of hydrogen-bond acceptors (Lipinski definition) is 18. The molecule has 0 saturated carbocycles. The van der Waals surface area contributed by atoms with E-state index in [0.717, 1.165) is 57.8 Å². The van der Waals surface area contributed by atoms with Crippen LogP contribution in [0, 0.1) is 0 Å². The van der Waals surface area contributed by atoms with Gasteiger partial charge >= 0.3 is 0 Å². The molecule has 105 heavy (non-hydrogen) atoms. The fourth-order valence-electron chi connectivity index (χ4n) is 15.0. The molecule has 3 fully saturated rings. The van der Waals surface area contributed by atoms with E-state index in [9.17, 15) is 61.0 Å². The van der Waals surface area contributed by atoms with E-state index in [1.165, 1.54) is 283 Å². The second-order valence-electron chi connectivity index (χ2n) is 31.4. The van der Waals surface area contributed by atoms with Crippen LogP contribution in [0.5, 0.6) is 0 Å². The number of hydrogen-bond donors (Lipinski definition) is 12. The number of carbonyl (C=O) groups is 1. The van der Waals surface area contributed by atoms with Crippen molar-refractivity contribution in [1.29, 1.82) is 0 Å². The van der Waals surface area contributed by atoms with Crippen LogP contribution in [0.2, 0.25) is 0 Å². The smallest absolute Gasteiger partial charge is 0.220 e. The van der Waals surface area contributed by atoms with Crippen molar-refractivity contribution in [2.45, 2.75) is 478 Å². The minimum Gasteiger partial charge on any atom is -0.394 e. The van der Waals surface area contributed by atoms with Crippen molar-refractivity contribution in [2.75, 3.05) is 26.4 Å². The zero-order valence-electron chi connectivity index (χ0n) is 66.5. The molecule has 0 aliphatic carbocycles. The Morgan fingerprint density at radius 3 is 0.981 bits per heavy atom. The van der Waals surface area contributed by atoms with Gasteiger partial charge in [0.25, 0.3) is 0 Å². The van der Waals surface area contributed by atoms with Crippen LogP contribution in [0.1, 0.15) is 373 Å². The molecule has 0 bridgehead atoms. The van der Waals surface area contributed by atoms with Gasteiger partial charge in [0.2, 0.25) is 5.91 Å². The Kier molecular flexibility index (Phi) is 61.7. The van der Waals surface area contributed by atoms with Crippen molar-refractivity contribution in [2.24, 2.45) is 0 Å². The molecule has 3 aliphatic heterocycles. The predicted molar refractivity (Wildman–Crippen MR) is 420 cm³/mol. The number of aliphatic hydroxyl groups excluding tert-OH is 11. The molecule has 3 aliphatic rings. The van der Waals surface area contributed by atoms with E-state index < -0.39 is 124 Å². The van der Waals surface area contributed by atoms with Gasteiger partial charge in [0, 0.05) is 6.42 Å². The topological polar surface area (TPSA) is 307 Å². The molecule has 0 aromatic heterocycles. The summed E-state index contributed by atoms with van der Waals surface area (Å²) in [6.45, 7) is 1.85. The van der Waals surface area contributed by atoms with Crippen molar-refractivity contribution in [3.05, 3.63) is 36.5 Å². The fourth-order valence-corrected chi connectivity index (χ4v) is 15.0. The summed E-state index contributed by atoms with van der Waals surface area (Å²) in [5, 5.41) is 121. The van der Waals surface area contributed by atoms with Gasteiger partial charge < -0.3 is 89.9 Å². The third-order valence-electron chi connectivity index (χ3n) is 22.0. The quantitative estimate of drug-likeness (QED) is 0.0199. The van der Waals surface area contributed by atoms with Gasteiger partial charge in [-0.1, -0.05) is 352 Å². The maximum absolute atomic E-state index is 13.5. The van der Waals surface area contributed by atoms with Crippen LogP contribution in [0.3, 0.4) is 0 Å². The van der Waals surface area contributed by atoms with Gasteiger partial charge in [0.1, 0.15) is 73.2 Å². The van der Waals surface area contributed by atoms with Gasteiger partial charge in [-0.15, -0.1) is 0 Å². The Bertz CT molecular complexity index is 2030. The van der Waals surface area contributed by atoms with E-state index in [2.05, 4.69) is 55.6 Å². The first-order valence-corrected chi connectivity index (χ1v) is 43.7. The molecular weight excluding hydrogens is 1330 g/mol. The standard InChI is InChI=1S/C86H161NO18/c1-3-5-7-9-11-13-15-17-19-21-23-25-27-29-31-32-33-34-35-36-38-40-42-44-46-48-50-52-54-56-58-60-62-64-74(92)87-69(70(91)63-61-59-57-55-53-51-49-47-45-43-41-39-37-30-28-26-24-22-20-18-16-14-12-10-8-6-4-2)68-100-84-80(98)77(95)82(72(66-89)102-84)105-86-81(99)78(96)83(73(67-90)103-86)104-85-79(97)76(94)75(93)71(65-88)101-85/h15,17,21,23,27,29,69-73,75-86,88-91,93-99H,3-14,16,18-20,22,24-26,28,30-68H2,1-2H3,(H,87,92)/b17-15-,23-21-,29-27-. The van der Waals surface area contributed by atoms with E-state index in [-0.39, 0.29) is 18.9 Å². The van der Waals surface area contributed by atoms with E-state index in [0.29, 0.717) is 12.8 Å². The van der Waals surface area contributed by atoms with Crippen molar-refractivity contribution < 1.29 is 89.4 Å². The van der Waals surface area contributed by atoms with E-state index in [1.807, 2.05) is 0 Å². The van der Waals surface area contributed by atoms with Crippen molar-refractivity contribution in [1.82, 2.24) is 5.32 Å². The molecule has 12 N–H and O–H groups in total. The summed E-state index contributed by atoms with van der Waals surface area (Å²) in [5.41, 5.74) is 0. The molecule has 17 unspecified atom stereocenters. The second-order valence-corrected chi connectivity index (χ2v) is 31.4. The number of carbonyl (C=O) groups excluding carboxylic acids is 1. The van der Waals surface area contributed by atoms with Crippen LogP contribution in [0.15, 0.2) is 36.5 Å². The van der Waals surface area contributed by atoms with E-state index in [4.69, 9.17) is 28.4 Å². The average Bonchev–Trinajstić information content (AvgIpc) is 0.780. The molecule has 0 radical (unpaired) electrons. The number of nitrogens with one attached hydrogen (secondary N) is 1. The molecule has 3 heterocycles. The number of amides is 1. The number of allylic oxidation sites excluding steroid dienone is 6. The molecule has 0 spiro atoms. The summed E-state index contributed by atoms with van der Waals surface area (Å²) in [5.74, 6) is -0.236. The van der Waals surface area contributed by atoms with Crippen LogP contribution in [-0.4, -0.2) is 193 Å². The summed E-state index contributed by atoms with van der Waals surface area (Å²) in [7, 11) is 0. The predicted octanol–water partition coefficient (Wildman–Crippen LogP) is 15.9. The van der Waals surface area contributed by atoms with Gasteiger partial charge in [-0.2, -0.15) is 0 Å². The highest BCUT2D eigenvalue weighted by atomic mass is 16.8. The van der Waals surface area contributed by atoms with Gasteiger partial charge in [-0.3, -0.25) is 4.79 Å². The van der Waals surface area contributed by atoms with Gasteiger partial charge in [-0.25, -0.2) is 0 Å². The first-order chi connectivity index (χ1) is 51.3. The Morgan fingerprint density at radius 2 is 0.629 bits per heavy atom. The third-order valence-corrected chi connectivity index (χ3v) is 22.0. The lowest BCUT2D eigenvalue weighted by atomic mass is 9.96. The SMILES string of the molecule is CCCCCCC/C=C\C/C=C\C/C=C\CCCCCCCCCCCCCCCCCCCCC(=O)NC(COC1OC(CO)C(OC2OC(CO)C(OC3OC(CO)C(O)C(O)C3O)C(O)C2O)C(O)C1O)C(O)CCCCCCCCCCCCCCCCCCCCCCCCCCCCC. The van der Waals surface area contributed by atoms with Crippen LogP contribution in [0.4, 0.5) is 0 Å². The molecule has 1 amide bonds. The Hall–Kier alpha value is -1.99. The Labute approximate surface area is 638 Å². The van der Waals surface area contributed by atoms with E-state index in [1.54, 1.807) is 0 Å². The zero-order valence-corrected chi connectivity index (χ0v) is 66.5. The average molecular weight is 1500 g/mol. The van der Waals surface area contributed by atoms with Crippen LogP contribution < -0.4 is 5.32 Å². The minimum absolute atomic E-state index is 0.236. The first-order valence-electron chi connectivity index (χ1n) is 43.7. The lowest BCUT2D eigenvalue weighted by Crippen LogP contribution is -2.66. The highest BCUT2D eigenvalue weighted by Gasteiger charge is 2.54. The van der Waals surface area contributed by atoms with Crippen molar-refractivity contribution in [3.63, 3.8) is 0 Å². The zero-order chi connectivity index (χ0) is 76.0. The Balaban J connectivity index is 1.33. The summed E-state index contributed by atoms with van der Waals surface area (Å²) >= 11 is 0. The molecule has 17 atom stereocenters. The lowest BCUT2D eigenvalue weighted by molar-refractivity contribution is -0.379. The molecule has 3 rings (SSSR count). The summed E-state index contributed by atoms with van der Waals surface area (Å²) in [6, 6.07) is -0.888. The van der Waals surface area contributed by atoms with Gasteiger partial charge in [0.05, 0.1) is 38.6 Å². The number of aliphatic hydroxyl groups is 11. The lowest BCUT2D eigenvalue weighted by Gasteiger charge is -2.48. The normalized spacial score (nSPS) is 25.9. The van der Waals surface area contributed by atoms with Crippen LogP contribution >= 0.6 is 0 Å². The number of rotatable bonds is 71. The highest BCUT2D eigenvalue weighted by Crippen LogP contribution is 2.34. The number of unbranched alkanes of at least 4 members (excludes halogenated alkanes) is 49. The fraction of sp³-hybridized carbons (Fsp3) is 0.919. The van der Waals surface area contributed by atoms with Crippen LogP contribution in [0.25, 0.3) is 0 Å².